The third kappa shape index (κ3) is 4.02. The third-order valence-corrected chi connectivity index (χ3v) is 6.70. The van der Waals surface area contributed by atoms with Gasteiger partial charge in [-0.2, -0.15) is 0 Å². The number of fused-ring (bicyclic) bond motifs is 2. The summed E-state index contributed by atoms with van der Waals surface area (Å²) in [6.07, 6.45) is 2.21. The molecule has 0 radical (unpaired) electrons. The normalized spacial score (nSPS) is 20.8. The van der Waals surface area contributed by atoms with E-state index in [4.69, 9.17) is 16.7 Å². The van der Waals surface area contributed by atoms with Crippen molar-refractivity contribution < 1.29 is 23.5 Å². The highest BCUT2D eigenvalue weighted by Gasteiger charge is 2.46. The van der Waals surface area contributed by atoms with Crippen LogP contribution in [0.4, 0.5) is 14.5 Å². The Kier molecular flexibility index (Phi) is 6.05. The van der Waals surface area contributed by atoms with E-state index in [2.05, 4.69) is 6.58 Å². The zero-order valence-electron chi connectivity index (χ0n) is 17.4. The van der Waals surface area contributed by atoms with Gasteiger partial charge in [-0.25, -0.2) is 13.6 Å². The Morgan fingerprint density at radius 2 is 1.94 bits per heavy atom. The van der Waals surface area contributed by atoms with Crippen molar-refractivity contribution in [2.24, 2.45) is 0 Å². The molecule has 0 saturated carbocycles. The number of carbonyl (C=O) groups is 2. The van der Waals surface area contributed by atoms with Crippen molar-refractivity contribution in [3.05, 3.63) is 76.3 Å². The summed E-state index contributed by atoms with van der Waals surface area (Å²) in [6.45, 7) is 5.54. The molecule has 0 aromatic heterocycles. The van der Waals surface area contributed by atoms with Crippen molar-refractivity contribution in [1.29, 1.82) is 0 Å². The molecule has 1 saturated heterocycles. The SMILES string of the molecule is C=C(CN1CCCC2(CC1)CN(C(=O)c1cccc(F)c1F)c1ccc(Cl)cc12)C(=O)O. The summed E-state index contributed by atoms with van der Waals surface area (Å²) in [5, 5.41) is 9.69. The zero-order chi connectivity index (χ0) is 23.0. The number of rotatable bonds is 4. The van der Waals surface area contributed by atoms with Crippen LogP contribution in [-0.4, -0.2) is 48.1 Å². The Labute approximate surface area is 189 Å². The molecule has 0 aliphatic carbocycles. The fourth-order valence-corrected chi connectivity index (χ4v) is 4.98. The lowest BCUT2D eigenvalue weighted by atomic mass is 9.76. The molecule has 1 spiro atoms. The number of carboxylic acid groups (broad SMARTS) is 1. The van der Waals surface area contributed by atoms with E-state index in [0.29, 0.717) is 36.8 Å². The van der Waals surface area contributed by atoms with E-state index in [1.54, 1.807) is 12.1 Å². The number of amides is 1. The van der Waals surface area contributed by atoms with Crippen LogP contribution >= 0.6 is 11.6 Å². The van der Waals surface area contributed by atoms with Gasteiger partial charge in [0.05, 0.1) is 5.56 Å². The van der Waals surface area contributed by atoms with E-state index in [9.17, 15) is 18.4 Å². The largest absolute Gasteiger partial charge is 0.478 e. The molecular weight excluding hydrogens is 438 g/mol. The first-order valence-electron chi connectivity index (χ1n) is 10.4. The van der Waals surface area contributed by atoms with E-state index in [0.717, 1.165) is 24.5 Å². The molecule has 32 heavy (non-hydrogen) atoms. The molecule has 8 heteroatoms. The average Bonchev–Trinajstić information content (AvgIpc) is 2.92. The number of carboxylic acids is 1. The second-order valence-corrected chi connectivity index (χ2v) is 8.91. The molecule has 1 atom stereocenters. The standard InChI is InChI=1S/C24H23ClF2N2O3/c1-15(23(31)32)13-28-10-3-8-24(9-11-28)14-29(20-7-6-16(25)12-18(20)24)22(30)17-4-2-5-19(26)21(17)27/h2,4-7,12H,1,3,8-11,13-14H2,(H,31,32). The topological polar surface area (TPSA) is 60.9 Å². The number of halogens is 3. The Morgan fingerprint density at radius 1 is 1.16 bits per heavy atom. The fraction of sp³-hybridized carbons (Fsp3) is 0.333. The Bertz CT molecular complexity index is 1110. The van der Waals surface area contributed by atoms with Crippen LogP contribution in [0.1, 0.15) is 35.2 Å². The van der Waals surface area contributed by atoms with E-state index in [1.807, 2.05) is 11.0 Å². The number of carbonyl (C=O) groups excluding carboxylic acids is 1. The van der Waals surface area contributed by atoms with E-state index >= 15 is 0 Å². The van der Waals surface area contributed by atoms with Gasteiger partial charge in [0.25, 0.3) is 5.91 Å². The van der Waals surface area contributed by atoms with Crippen LogP contribution < -0.4 is 4.90 Å². The van der Waals surface area contributed by atoms with Crippen LogP contribution in [-0.2, 0) is 10.2 Å². The predicted octanol–water partition coefficient (Wildman–Crippen LogP) is 4.64. The lowest BCUT2D eigenvalue weighted by molar-refractivity contribution is -0.132. The van der Waals surface area contributed by atoms with Crippen molar-refractivity contribution in [2.75, 3.05) is 31.1 Å². The van der Waals surface area contributed by atoms with Gasteiger partial charge in [-0.05, 0) is 68.2 Å². The Balaban J connectivity index is 1.66. The fourth-order valence-electron chi connectivity index (χ4n) is 4.81. The highest BCUT2D eigenvalue weighted by Crippen LogP contribution is 2.48. The first kappa shape index (κ1) is 22.4. The molecule has 168 valence electrons. The highest BCUT2D eigenvalue weighted by atomic mass is 35.5. The molecule has 5 nitrogen and oxygen atoms in total. The molecule has 2 aromatic carbocycles. The van der Waals surface area contributed by atoms with Crippen LogP contribution in [0.25, 0.3) is 0 Å². The second kappa shape index (κ2) is 8.64. The van der Waals surface area contributed by atoms with Crippen LogP contribution in [0.5, 0.6) is 0 Å². The monoisotopic (exact) mass is 460 g/mol. The third-order valence-electron chi connectivity index (χ3n) is 6.46. The van der Waals surface area contributed by atoms with E-state index < -0.39 is 28.9 Å². The summed E-state index contributed by atoms with van der Waals surface area (Å²) >= 11 is 6.29. The van der Waals surface area contributed by atoms with Crippen LogP contribution in [0.3, 0.4) is 0 Å². The summed E-state index contributed by atoms with van der Waals surface area (Å²) in [6, 6.07) is 8.86. The number of hydrogen-bond acceptors (Lipinski definition) is 3. The lowest BCUT2D eigenvalue weighted by Gasteiger charge is -2.29. The molecule has 1 N–H and O–H groups in total. The first-order valence-corrected chi connectivity index (χ1v) is 10.8. The molecule has 4 rings (SSSR count). The van der Waals surface area contributed by atoms with Crippen molar-refractivity contribution in [2.45, 2.75) is 24.7 Å². The molecule has 0 bridgehead atoms. The van der Waals surface area contributed by atoms with Crippen LogP contribution in [0, 0.1) is 11.6 Å². The van der Waals surface area contributed by atoms with Gasteiger partial charge in [0.15, 0.2) is 11.6 Å². The van der Waals surface area contributed by atoms with Gasteiger partial charge in [0, 0.05) is 34.8 Å². The van der Waals surface area contributed by atoms with Gasteiger partial charge in [0.1, 0.15) is 0 Å². The predicted molar refractivity (Wildman–Crippen MR) is 118 cm³/mol. The van der Waals surface area contributed by atoms with E-state index in [1.165, 1.54) is 17.0 Å². The molecule has 1 amide bonds. The summed E-state index contributed by atoms with van der Waals surface area (Å²) in [5.74, 6) is -3.84. The number of hydrogen-bond donors (Lipinski definition) is 1. The maximum absolute atomic E-state index is 14.4. The van der Waals surface area contributed by atoms with Gasteiger partial charge < -0.3 is 10.0 Å². The quantitative estimate of drug-likeness (QED) is 0.675. The number of nitrogens with zero attached hydrogens (tertiary/aromatic N) is 2. The molecule has 2 aliphatic heterocycles. The number of aliphatic carboxylic acids is 1. The first-order chi connectivity index (χ1) is 15.2. The second-order valence-electron chi connectivity index (χ2n) is 8.47. The van der Waals surface area contributed by atoms with Crippen LogP contribution in [0.15, 0.2) is 48.6 Å². The van der Waals surface area contributed by atoms with Gasteiger partial charge in [-0.15, -0.1) is 0 Å². The van der Waals surface area contributed by atoms with Crippen molar-refractivity contribution in [1.82, 2.24) is 4.90 Å². The summed E-state index contributed by atoms with van der Waals surface area (Å²) in [5.41, 5.74) is 0.976. The molecule has 2 heterocycles. The van der Waals surface area contributed by atoms with Gasteiger partial charge in [-0.3, -0.25) is 9.69 Å². The van der Waals surface area contributed by atoms with Crippen molar-refractivity contribution in [3.8, 4) is 0 Å². The smallest absolute Gasteiger partial charge is 0.332 e. The zero-order valence-corrected chi connectivity index (χ0v) is 18.2. The molecule has 1 fully saturated rings. The minimum atomic E-state index is -1.16. The Morgan fingerprint density at radius 3 is 2.69 bits per heavy atom. The number of benzene rings is 2. The summed E-state index contributed by atoms with van der Waals surface area (Å²) in [7, 11) is 0. The van der Waals surface area contributed by atoms with Gasteiger partial charge in [0.2, 0.25) is 0 Å². The molecular formula is C24H23ClF2N2O3. The molecule has 1 unspecified atom stereocenters. The van der Waals surface area contributed by atoms with Crippen molar-refractivity contribution >= 4 is 29.2 Å². The van der Waals surface area contributed by atoms with Crippen molar-refractivity contribution in [3.63, 3.8) is 0 Å². The highest BCUT2D eigenvalue weighted by molar-refractivity contribution is 6.30. The lowest BCUT2D eigenvalue weighted by Crippen LogP contribution is -2.38. The summed E-state index contributed by atoms with van der Waals surface area (Å²) < 4.78 is 28.1. The minimum absolute atomic E-state index is 0.134. The maximum atomic E-state index is 14.4. The van der Waals surface area contributed by atoms with Gasteiger partial charge in [-0.1, -0.05) is 24.2 Å². The summed E-state index contributed by atoms with van der Waals surface area (Å²) in [4.78, 5) is 28.0. The number of anilines is 1. The van der Waals surface area contributed by atoms with Gasteiger partial charge >= 0.3 is 5.97 Å². The molecule has 2 aliphatic rings. The Hall–Kier alpha value is -2.77. The molecule has 2 aromatic rings. The number of likely N-dealkylation sites (tertiary alicyclic amines) is 1. The maximum Gasteiger partial charge on any atom is 0.332 e. The van der Waals surface area contributed by atoms with E-state index in [-0.39, 0.29) is 17.7 Å². The minimum Gasteiger partial charge on any atom is -0.478 e. The average molecular weight is 461 g/mol. The van der Waals surface area contributed by atoms with Crippen LogP contribution in [0.2, 0.25) is 5.02 Å².